The van der Waals surface area contributed by atoms with Gasteiger partial charge in [0.2, 0.25) is 0 Å². The van der Waals surface area contributed by atoms with Gasteiger partial charge >= 0.3 is 0 Å². The largest absolute Gasteiger partial charge is 0.118 e. The summed E-state index contributed by atoms with van der Waals surface area (Å²) in [6, 6.07) is 10.7. The molecule has 0 radical (unpaired) electrons. The number of hydrogen-bond donors (Lipinski definition) is 0. The van der Waals surface area contributed by atoms with E-state index >= 15 is 0 Å². The quantitative estimate of drug-likeness (QED) is 0.523. The minimum Gasteiger partial charge on any atom is -0.118 e. The molecule has 0 saturated carbocycles. The van der Waals surface area contributed by atoms with Crippen molar-refractivity contribution in [2.75, 3.05) is 0 Å². The molecule has 1 aromatic carbocycles. The number of hydrogen-bond acceptors (Lipinski definition) is 0. The van der Waals surface area contributed by atoms with E-state index in [1.165, 1.54) is 16.3 Å². The molecule has 0 heterocycles. The SMILES string of the molecule is CC(C)(Cc1ccccc1)C1=C=C([Si](C)(C)C)C=C1. The van der Waals surface area contributed by atoms with Gasteiger partial charge < -0.3 is 0 Å². The van der Waals surface area contributed by atoms with Crippen LogP contribution in [0.15, 0.2) is 59.0 Å². The lowest BCUT2D eigenvalue weighted by Gasteiger charge is -2.24. The normalized spacial score (nSPS) is 15.4. The molecule has 1 aliphatic rings. The number of benzene rings is 1. The van der Waals surface area contributed by atoms with Crippen molar-refractivity contribution < 1.29 is 0 Å². The van der Waals surface area contributed by atoms with Gasteiger partial charge in [-0.1, -0.05) is 76.0 Å². The molecule has 19 heavy (non-hydrogen) atoms. The van der Waals surface area contributed by atoms with Crippen molar-refractivity contribution in [2.45, 2.75) is 39.9 Å². The van der Waals surface area contributed by atoms with Gasteiger partial charge in [-0.2, -0.15) is 0 Å². The van der Waals surface area contributed by atoms with Crippen molar-refractivity contribution in [3.05, 3.63) is 64.5 Å². The van der Waals surface area contributed by atoms with Gasteiger partial charge in [0.15, 0.2) is 0 Å². The maximum absolute atomic E-state index is 3.68. The summed E-state index contributed by atoms with van der Waals surface area (Å²) in [5.74, 6) is 0. The van der Waals surface area contributed by atoms with Crippen LogP contribution in [0.5, 0.6) is 0 Å². The van der Waals surface area contributed by atoms with Gasteiger partial charge in [0.25, 0.3) is 0 Å². The lowest BCUT2D eigenvalue weighted by atomic mass is 9.79. The lowest BCUT2D eigenvalue weighted by molar-refractivity contribution is 0.456. The summed E-state index contributed by atoms with van der Waals surface area (Å²) in [6.07, 6.45) is 5.63. The van der Waals surface area contributed by atoms with E-state index in [9.17, 15) is 0 Å². The van der Waals surface area contributed by atoms with Gasteiger partial charge in [0.05, 0.1) is 8.07 Å². The van der Waals surface area contributed by atoms with Crippen molar-refractivity contribution >= 4 is 8.07 Å². The molecule has 0 N–H and O–H groups in total. The zero-order valence-corrected chi connectivity index (χ0v) is 13.7. The maximum Gasteiger partial charge on any atom is 0.0875 e. The molecule has 0 aliphatic heterocycles. The van der Waals surface area contributed by atoms with Crippen molar-refractivity contribution in [3.63, 3.8) is 0 Å². The molecule has 1 heteroatoms. The van der Waals surface area contributed by atoms with Crippen LogP contribution in [0.3, 0.4) is 0 Å². The van der Waals surface area contributed by atoms with E-state index in [1.54, 1.807) is 0 Å². The smallest absolute Gasteiger partial charge is 0.0875 e. The van der Waals surface area contributed by atoms with E-state index in [0.29, 0.717) is 0 Å². The number of allylic oxidation sites excluding steroid dienone is 3. The molecule has 0 atom stereocenters. The predicted octanol–water partition coefficient (Wildman–Crippen LogP) is 5.15. The second kappa shape index (κ2) is 5.00. The Balaban J connectivity index is 2.27. The Morgan fingerprint density at radius 3 is 2.16 bits per heavy atom. The Bertz CT molecular complexity index is 547. The minimum absolute atomic E-state index is 0.152. The third-order valence-electron chi connectivity index (χ3n) is 3.71. The molecule has 0 amide bonds. The maximum atomic E-state index is 3.68. The van der Waals surface area contributed by atoms with Crippen molar-refractivity contribution in [3.8, 4) is 0 Å². The van der Waals surface area contributed by atoms with E-state index in [-0.39, 0.29) is 5.41 Å². The second-order valence-electron chi connectivity index (χ2n) is 7.08. The molecule has 2 rings (SSSR count). The highest BCUT2D eigenvalue weighted by Gasteiger charge is 2.27. The zero-order chi connectivity index (χ0) is 14.1. The molecular weight excluding hydrogens is 244 g/mol. The van der Waals surface area contributed by atoms with Crippen LogP contribution in [0, 0.1) is 5.41 Å². The van der Waals surface area contributed by atoms with Gasteiger partial charge in [0.1, 0.15) is 0 Å². The van der Waals surface area contributed by atoms with E-state index in [4.69, 9.17) is 0 Å². The topological polar surface area (TPSA) is 0 Å². The van der Waals surface area contributed by atoms with Crippen molar-refractivity contribution in [2.24, 2.45) is 5.41 Å². The third kappa shape index (κ3) is 3.37. The van der Waals surface area contributed by atoms with Crippen LogP contribution < -0.4 is 0 Å². The van der Waals surface area contributed by atoms with E-state index in [1.807, 2.05) is 0 Å². The molecule has 100 valence electrons. The Labute approximate surface area is 118 Å². The summed E-state index contributed by atoms with van der Waals surface area (Å²) in [4.78, 5) is 0. The standard InChI is InChI=1S/C18H24Si/c1-18(2,14-15-9-7-6-8-10-15)16-11-12-17(13-16)19(3,4)5/h6-12H,14H2,1-5H3. The highest BCUT2D eigenvalue weighted by molar-refractivity contribution is 6.83. The molecule has 1 aromatic rings. The van der Waals surface area contributed by atoms with Crippen LogP contribution in [-0.2, 0) is 6.42 Å². The molecule has 0 fully saturated rings. The molecule has 0 nitrogen and oxygen atoms in total. The van der Waals surface area contributed by atoms with Crippen LogP contribution in [0.4, 0.5) is 0 Å². The third-order valence-corrected chi connectivity index (χ3v) is 5.62. The van der Waals surface area contributed by atoms with Crippen LogP contribution >= 0.6 is 0 Å². The van der Waals surface area contributed by atoms with Gasteiger partial charge in [0, 0.05) is 5.41 Å². The summed E-state index contributed by atoms with van der Waals surface area (Å²) in [7, 11) is -1.24. The summed E-state index contributed by atoms with van der Waals surface area (Å²) in [5, 5.41) is 1.45. The lowest BCUT2D eigenvalue weighted by Crippen LogP contribution is -2.21. The summed E-state index contributed by atoms with van der Waals surface area (Å²) in [6.45, 7) is 11.8. The fourth-order valence-electron chi connectivity index (χ4n) is 2.43. The fourth-order valence-corrected chi connectivity index (χ4v) is 3.52. The van der Waals surface area contributed by atoms with Crippen LogP contribution in [0.25, 0.3) is 0 Å². The first kappa shape index (κ1) is 14.1. The Kier molecular flexibility index (Phi) is 3.71. The van der Waals surface area contributed by atoms with Crippen molar-refractivity contribution in [1.82, 2.24) is 0 Å². The van der Waals surface area contributed by atoms with Gasteiger partial charge in [-0.3, -0.25) is 0 Å². The van der Waals surface area contributed by atoms with Crippen molar-refractivity contribution in [1.29, 1.82) is 0 Å². The number of rotatable bonds is 4. The average Bonchev–Trinajstić information content (AvgIpc) is 2.79. The van der Waals surface area contributed by atoms with Gasteiger partial charge in [-0.15, -0.1) is 5.73 Å². The summed E-state index contributed by atoms with van der Waals surface area (Å²) < 4.78 is 0. The van der Waals surface area contributed by atoms with E-state index in [0.717, 1.165) is 6.42 Å². The fraction of sp³-hybridized carbons (Fsp3) is 0.389. The van der Waals surface area contributed by atoms with Crippen LogP contribution in [-0.4, -0.2) is 8.07 Å². The van der Waals surface area contributed by atoms with Gasteiger partial charge in [-0.05, 0) is 22.8 Å². The Morgan fingerprint density at radius 2 is 1.63 bits per heavy atom. The predicted molar refractivity (Wildman–Crippen MR) is 87.0 cm³/mol. The summed E-state index contributed by atoms with van der Waals surface area (Å²) >= 11 is 0. The summed E-state index contributed by atoms with van der Waals surface area (Å²) in [5.41, 5.74) is 6.58. The second-order valence-corrected chi connectivity index (χ2v) is 12.1. The molecule has 0 unspecified atom stereocenters. The molecule has 0 saturated heterocycles. The first-order chi connectivity index (χ1) is 8.79. The van der Waals surface area contributed by atoms with E-state index < -0.39 is 8.07 Å². The monoisotopic (exact) mass is 268 g/mol. The molecule has 1 aliphatic carbocycles. The zero-order valence-electron chi connectivity index (χ0n) is 12.7. The highest BCUT2D eigenvalue weighted by Crippen LogP contribution is 2.35. The van der Waals surface area contributed by atoms with Crippen LogP contribution in [0.1, 0.15) is 19.4 Å². The van der Waals surface area contributed by atoms with E-state index in [2.05, 4.69) is 81.7 Å². The van der Waals surface area contributed by atoms with Gasteiger partial charge in [-0.25, -0.2) is 0 Å². The minimum atomic E-state index is -1.24. The van der Waals surface area contributed by atoms with Crippen LogP contribution in [0.2, 0.25) is 19.6 Å². The molecule has 0 spiro atoms. The first-order valence-electron chi connectivity index (χ1n) is 7.03. The highest BCUT2D eigenvalue weighted by atomic mass is 28.3. The first-order valence-corrected chi connectivity index (χ1v) is 10.5. The molecule has 0 bridgehead atoms. The average molecular weight is 268 g/mol. The Morgan fingerprint density at radius 1 is 1.00 bits per heavy atom. The Hall–Kier alpha value is -1.30. The molecule has 0 aromatic heterocycles. The molecular formula is C18H24Si.